The molecule has 15 heavy (non-hydrogen) atoms. The van der Waals surface area contributed by atoms with Crippen LogP contribution in [0, 0.1) is 0 Å². The molecule has 3 nitrogen and oxygen atoms in total. The highest BCUT2D eigenvalue weighted by Crippen LogP contribution is 2.29. The smallest absolute Gasteiger partial charge is 0.257 e. The van der Waals surface area contributed by atoms with Crippen LogP contribution in [0.15, 0.2) is 24.3 Å². The number of rotatable bonds is 3. The van der Waals surface area contributed by atoms with E-state index in [0.717, 1.165) is 12.8 Å². The summed E-state index contributed by atoms with van der Waals surface area (Å²) < 4.78 is 5.68. The Labute approximate surface area is 89.7 Å². The van der Waals surface area contributed by atoms with Crippen molar-refractivity contribution in [2.24, 2.45) is 0 Å². The number of benzene rings is 1. The molecule has 3 heteroatoms. The van der Waals surface area contributed by atoms with Gasteiger partial charge < -0.3 is 9.64 Å². The predicted molar refractivity (Wildman–Crippen MR) is 58.1 cm³/mol. The van der Waals surface area contributed by atoms with Gasteiger partial charge in [0.25, 0.3) is 5.91 Å². The number of para-hydroxylation sites is 1. The van der Waals surface area contributed by atoms with Crippen molar-refractivity contribution in [3.05, 3.63) is 29.8 Å². The maximum absolute atomic E-state index is 11.8. The zero-order valence-electron chi connectivity index (χ0n) is 9.06. The number of nitrogens with zero attached hydrogens (tertiary/aromatic N) is 1. The fraction of sp³-hybridized carbons (Fsp3) is 0.417. The van der Waals surface area contributed by atoms with Crippen LogP contribution in [0.4, 0.5) is 0 Å². The maximum atomic E-state index is 11.8. The molecule has 1 aliphatic carbocycles. The minimum atomic E-state index is -0.00810. The number of amides is 1. The number of carbonyl (C=O) groups excluding carboxylic acids is 1. The summed E-state index contributed by atoms with van der Waals surface area (Å²) in [6.45, 7) is 0. The van der Waals surface area contributed by atoms with Gasteiger partial charge in [-0.2, -0.15) is 0 Å². The third-order valence-corrected chi connectivity index (χ3v) is 2.34. The van der Waals surface area contributed by atoms with Crippen molar-refractivity contribution in [3.63, 3.8) is 0 Å². The van der Waals surface area contributed by atoms with Crippen molar-refractivity contribution < 1.29 is 9.53 Å². The summed E-state index contributed by atoms with van der Waals surface area (Å²) in [6, 6.07) is 7.41. The molecule has 1 aromatic rings. The van der Waals surface area contributed by atoms with Gasteiger partial charge in [0.1, 0.15) is 5.75 Å². The van der Waals surface area contributed by atoms with Crippen molar-refractivity contribution in [1.82, 2.24) is 4.90 Å². The Morgan fingerprint density at radius 1 is 1.33 bits per heavy atom. The second kappa shape index (κ2) is 3.93. The van der Waals surface area contributed by atoms with Crippen molar-refractivity contribution in [2.75, 3.05) is 14.1 Å². The lowest BCUT2D eigenvalue weighted by atomic mass is 10.2. The predicted octanol–water partition coefficient (Wildman–Crippen LogP) is 1.93. The Kier molecular flexibility index (Phi) is 2.62. The summed E-state index contributed by atoms with van der Waals surface area (Å²) >= 11 is 0. The van der Waals surface area contributed by atoms with Gasteiger partial charge in [-0.05, 0) is 25.0 Å². The van der Waals surface area contributed by atoms with Crippen LogP contribution >= 0.6 is 0 Å². The summed E-state index contributed by atoms with van der Waals surface area (Å²) in [7, 11) is 3.49. The normalized spacial score (nSPS) is 14.8. The number of hydrogen-bond donors (Lipinski definition) is 0. The summed E-state index contributed by atoms with van der Waals surface area (Å²) in [5.41, 5.74) is 0.648. The monoisotopic (exact) mass is 205 g/mol. The first-order valence-corrected chi connectivity index (χ1v) is 5.16. The van der Waals surface area contributed by atoms with Crippen LogP contribution in [-0.2, 0) is 0 Å². The second-order valence-corrected chi connectivity index (χ2v) is 4.01. The van der Waals surface area contributed by atoms with Gasteiger partial charge in [0.2, 0.25) is 0 Å². The van der Waals surface area contributed by atoms with Gasteiger partial charge in [0.15, 0.2) is 0 Å². The zero-order valence-corrected chi connectivity index (χ0v) is 9.06. The second-order valence-electron chi connectivity index (χ2n) is 4.01. The van der Waals surface area contributed by atoms with Gasteiger partial charge in [-0.3, -0.25) is 4.79 Å². The minimum Gasteiger partial charge on any atom is -0.490 e. The van der Waals surface area contributed by atoms with Crippen LogP contribution < -0.4 is 4.74 Å². The molecule has 1 amide bonds. The Balaban J connectivity index is 2.23. The largest absolute Gasteiger partial charge is 0.490 e. The van der Waals surface area contributed by atoms with Crippen molar-refractivity contribution in [2.45, 2.75) is 18.9 Å². The number of carbonyl (C=O) groups is 1. The fourth-order valence-electron chi connectivity index (χ4n) is 1.35. The van der Waals surface area contributed by atoms with Gasteiger partial charge in [0.05, 0.1) is 11.7 Å². The summed E-state index contributed by atoms with van der Waals surface area (Å²) in [5, 5.41) is 0. The molecule has 0 aromatic heterocycles. The highest BCUT2D eigenvalue weighted by Gasteiger charge is 2.25. The molecular formula is C12H15NO2. The van der Waals surface area contributed by atoms with Gasteiger partial charge in [0, 0.05) is 14.1 Å². The van der Waals surface area contributed by atoms with E-state index in [2.05, 4.69) is 0 Å². The van der Waals surface area contributed by atoms with Crippen LogP contribution in [0.5, 0.6) is 5.75 Å². The minimum absolute atomic E-state index is 0.00810. The molecule has 1 aromatic carbocycles. The summed E-state index contributed by atoms with van der Waals surface area (Å²) in [4.78, 5) is 13.4. The van der Waals surface area contributed by atoms with Crippen molar-refractivity contribution >= 4 is 5.91 Å². The maximum Gasteiger partial charge on any atom is 0.257 e. The van der Waals surface area contributed by atoms with E-state index in [9.17, 15) is 4.79 Å². The van der Waals surface area contributed by atoms with Gasteiger partial charge >= 0.3 is 0 Å². The van der Waals surface area contributed by atoms with Gasteiger partial charge in [-0.1, -0.05) is 12.1 Å². The summed E-state index contributed by atoms with van der Waals surface area (Å²) in [5.74, 6) is 0.699. The van der Waals surface area contributed by atoms with Gasteiger partial charge in [-0.15, -0.1) is 0 Å². The molecule has 0 radical (unpaired) electrons. The molecule has 0 spiro atoms. The average molecular weight is 205 g/mol. The first-order chi connectivity index (χ1) is 7.18. The summed E-state index contributed by atoms with van der Waals surface area (Å²) in [6.07, 6.45) is 2.52. The molecule has 0 heterocycles. The van der Waals surface area contributed by atoms with Crippen LogP contribution in [0.1, 0.15) is 23.2 Å². The molecule has 1 fully saturated rings. The van der Waals surface area contributed by atoms with E-state index in [4.69, 9.17) is 4.74 Å². The quantitative estimate of drug-likeness (QED) is 0.754. The van der Waals surface area contributed by atoms with E-state index in [0.29, 0.717) is 17.4 Å². The van der Waals surface area contributed by atoms with Crippen molar-refractivity contribution in [1.29, 1.82) is 0 Å². The van der Waals surface area contributed by atoms with Crippen molar-refractivity contribution in [3.8, 4) is 5.75 Å². The van der Waals surface area contributed by atoms with E-state index in [1.165, 1.54) is 0 Å². The molecule has 1 aliphatic rings. The first kappa shape index (κ1) is 10.0. The van der Waals surface area contributed by atoms with Gasteiger partial charge in [-0.25, -0.2) is 0 Å². The molecule has 0 N–H and O–H groups in total. The highest BCUT2D eigenvalue weighted by atomic mass is 16.5. The Hall–Kier alpha value is -1.51. The Bertz CT molecular complexity index is 370. The fourth-order valence-corrected chi connectivity index (χ4v) is 1.35. The number of hydrogen-bond acceptors (Lipinski definition) is 2. The lowest BCUT2D eigenvalue weighted by molar-refractivity contribution is 0.0823. The van der Waals surface area contributed by atoms with Crippen LogP contribution in [0.3, 0.4) is 0 Å². The third-order valence-electron chi connectivity index (χ3n) is 2.34. The SMILES string of the molecule is CN(C)C(=O)c1ccccc1OC1CC1. The molecule has 0 atom stereocenters. The topological polar surface area (TPSA) is 29.5 Å². The molecule has 0 saturated heterocycles. The molecule has 80 valence electrons. The van der Waals surface area contributed by atoms with E-state index < -0.39 is 0 Å². The number of ether oxygens (including phenoxy) is 1. The van der Waals surface area contributed by atoms with E-state index in [-0.39, 0.29) is 5.91 Å². The zero-order chi connectivity index (χ0) is 10.8. The van der Waals surface area contributed by atoms with Crippen LogP contribution in [0.25, 0.3) is 0 Å². The van der Waals surface area contributed by atoms with E-state index in [1.54, 1.807) is 25.1 Å². The molecule has 0 unspecified atom stereocenters. The highest BCUT2D eigenvalue weighted by molar-refractivity contribution is 5.96. The van der Waals surface area contributed by atoms with Crippen LogP contribution in [-0.4, -0.2) is 31.0 Å². The van der Waals surface area contributed by atoms with E-state index in [1.807, 2.05) is 18.2 Å². The lowest BCUT2D eigenvalue weighted by Gasteiger charge is -2.14. The Morgan fingerprint density at radius 3 is 2.60 bits per heavy atom. The van der Waals surface area contributed by atoms with Crippen LogP contribution in [0.2, 0.25) is 0 Å². The van der Waals surface area contributed by atoms with E-state index >= 15 is 0 Å². The third kappa shape index (κ3) is 2.29. The molecule has 2 rings (SSSR count). The first-order valence-electron chi connectivity index (χ1n) is 5.16. The average Bonchev–Trinajstić information content (AvgIpc) is 3.01. The standard InChI is InChI=1S/C12H15NO2/c1-13(2)12(14)10-5-3-4-6-11(10)15-9-7-8-9/h3-6,9H,7-8H2,1-2H3. The molecular weight excluding hydrogens is 190 g/mol. The molecule has 1 saturated carbocycles. The Morgan fingerprint density at radius 2 is 2.00 bits per heavy atom. The molecule has 0 aliphatic heterocycles. The lowest BCUT2D eigenvalue weighted by Crippen LogP contribution is -2.22. The molecule has 0 bridgehead atoms.